The summed E-state index contributed by atoms with van der Waals surface area (Å²) in [6.45, 7) is 3.55. The van der Waals surface area contributed by atoms with Crippen molar-refractivity contribution in [1.82, 2.24) is 0 Å². The summed E-state index contributed by atoms with van der Waals surface area (Å²) in [4.78, 5) is 14.4. The molecule has 2 rings (SSSR count). The van der Waals surface area contributed by atoms with E-state index in [9.17, 15) is 9.00 Å². The standard InChI is InChI=1S/C15H21NO3S/c1-11-7-8-13-5-3-4-6-14(13)16(11)15(18)12(2)20(19)10-9-17/h3-6,11-12,17H,7-10H2,1-2H3. The number of rotatable bonds is 4. The number of para-hydroxylation sites is 1. The van der Waals surface area contributed by atoms with Gasteiger partial charge in [-0.3, -0.25) is 9.00 Å². The molecule has 1 aromatic carbocycles. The predicted octanol–water partition coefficient (Wildman–Crippen LogP) is 1.48. The average Bonchev–Trinajstić information content (AvgIpc) is 2.46. The van der Waals surface area contributed by atoms with Crippen LogP contribution in [-0.4, -0.2) is 38.9 Å². The van der Waals surface area contributed by atoms with E-state index in [0.717, 1.165) is 18.5 Å². The molecule has 0 fully saturated rings. The topological polar surface area (TPSA) is 57.6 Å². The maximum Gasteiger partial charge on any atom is 0.242 e. The van der Waals surface area contributed by atoms with E-state index in [4.69, 9.17) is 5.11 Å². The fourth-order valence-electron chi connectivity index (χ4n) is 2.60. The van der Waals surface area contributed by atoms with Gasteiger partial charge in [0, 0.05) is 28.3 Å². The van der Waals surface area contributed by atoms with Crippen LogP contribution in [0.15, 0.2) is 24.3 Å². The molecule has 4 nitrogen and oxygen atoms in total. The van der Waals surface area contributed by atoms with Crippen molar-refractivity contribution in [2.24, 2.45) is 0 Å². The summed E-state index contributed by atoms with van der Waals surface area (Å²) < 4.78 is 11.9. The van der Waals surface area contributed by atoms with Crippen molar-refractivity contribution in [3.63, 3.8) is 0 Å². The van der Waals surface area contributed by atoms with E-state index in [2.05, 4.69) is 0 Å². The molecule has 20 heavy (non-hydrogen) atoms. The van der Waals surface area contributed by atoms with Crippen molar-refractivity contribution in [3.8, 4) is 0 Å². The van der Waals surface area contributed by atoms with Gasteiger partial charge in [0.15, 0.2) is 0 Å². The van der Waals surface area contributed by atoms with E-state index in [1.165, 1.54) is 5.56 Å². The molecule has 3 atom stereocenters. The molecule has 0 aliphatic carbocycles. The molecule has 1 N–H and O–H groups in total. The minimum atomic E-state index is -1.33. The Bertz CT molecular complexity index is 518. The molecule has 0 radical (unpaired) electrons. The Morgan fingerprint density at radius 2 is 2.20 bits per heavy atom. The second-order valence-electron chi connectivity index (χ2n) is 5.18. The minimum absolute atomic E-state index is 0.114. The lowest BCUT2D eigenvalue weighted by molar-refractivity contribution is -0.118. The first-order valence-corrected chi connectivity index (χ1v) is 8.33. The highest BCUT2D eigenvalue weighted by atomic mass is 32.2. The van der Waals surface area contributed by atoms with Crippen LogP contribution in [0.3, 0.4) is 0 Å². The lowest BCUT2D eigenvalue weighted by Gasteiger charge is -2.36. The van der Waals surface area contributed by atoms with Crippen molar-refractivity contribution >= 4 is 22.4 Å². The van der Waals surface area contributed by atoms with Crippen LogP contribution in [0, 0.1) is 0 Å². The number of amides is 1. The SMILES string of the molecule is CC1CCc2ccccc2N1C(=O)C(C)S(=O)CCO. The number of hydrogen-bond acceptors (Lipinski definition) is 3. The first kappa shape index (κ1) is 15.2. The third-order valence-corrected chi connectivity index (χ3v) is 5.37. The van der Waals surface area contributed by atoms with Crippen LogP contribution in [0.1, 0.15) is 25.8 Å². The number of benzene rings is 1. The number of hydrogen-bond donors (Lipinski definition) is 1. The van der Waals surface area contributed by atoms with Crippen molar-refractivity contribution < 1.29 is 14.1 Å². The van der Waals surface area contributed by atoms with Crippen LogP contribution < -0.4 is 4.90 Å². The van der Waals surface area contributed by atoms with Crippen molar-refractivity contribution in [2.45, 2.75) is 38.0 Å². The fourth-order valence-corrected chi connectivity index (χ4v) is 3.47. The lowest BCUT2D eigenvalue weighted by atomic mass is 9.96. The smallest absolute Gasteiger partial charge is 0.242 e. The van der Waals surface area contributed by atoms with Crippen LogP contribution in [0.25, 0.3) is 0 Å². The quantitative estimate of drug-likeness (QED) is 0.915. The highest BCUT2D eigenvalue weighted by Gasteiger charge is 2.32. The Labute approximate surface area is 122 Å². The Morgan fingerprint density at radius 1 is 1.50 bits per heavy atom. The van der Waals surface area contributed by atoms with Crippen molar-refractivity contribution in [3.05, 3.63) is 29.8 Å². The molecule has 1 aliphatic heterocycles. The molecule has 0 saturated heterocycles. The minimum Gasteiger partial charge on any atom is -0.395 e. The van der Waals surface area contributed by atoms with E-state index in [0.29, 0.717) is 0 Å². The summed E-state index contributed by atoms with van der Waals surface area (Å²) >= 11 is 0. The second kappa shape index (κ2) is 6.50. The van der Waals surface area contributed by atoms with Gasteiger partial charge in [0.2, 0.25) is 5.91 Å². The van der Waals surface area contributed by atoms with E-state index in [-0.39, 0.29) is 24.3 Å². The fraction of sp³-hybridized carbons (Fsp3) is 0.533. The Hall–Kier alpha value is -1.20. The van der Waals surface area contributed by atoms with Crippen LogP contribution >= 0.6 is 0 Å². The summed E-state index contributed by atoms with van der Waals surface area (Å²) in [5.41, 5.74) is 2.10. The number of nitrogens with zero attached hydrogens (tertiary/aromatic N) is 1. The van der Waals surface area contributed by atoms with Crippen LogP contribution in [-0.2, 0) is 22.0 Å². The Balaban J connectivity index is 2.27. The van der Waals surface area contributed by atoms with Crippen molar-refractivity contribution in [2.75, 3.05) is 17.3 Å². The molecular weight excluding hydrogens is 274 g/mol. The van der Waals surface area contributed by atoms with Gasteiger partial charge in [-0.05, 0) is 38.3 Å². The van der Waals surface area contributed by atoms with Gasteiger partial charge >= 0.3 is 0 Å². The molecule has 1 aliphatic rings. The lowest BCUT2D eigenvalue weighted by Crippen LogP contribution is -2.47. The highest BCUT2D eigenvalue weighted by Crippen LogP contribution is 2.31. The molecular formula is C15H21NO3S. The molecule has 0 spiro atoms. The normalized spacial score (nSPS) is 21.1. The van der Waals surface area contributed by atoms with E-state index in [1.54, 1.807) is 11.8 Å². The third-order valence-electron chi connectivity index (χ3n) is 3.80. The van der Waals surface area contributed by atoms with Gasteiger partial charge in [-0.15, -0.1) is 0 Å². The van der Waals surface area contributed by atoms with Gasteiger partial charge in [-0.1, -0.05) is 18.2 Å². The number of carbonyl (C=O) groups is 1. The summed E-state index contributed by atoms with van der Waals surface area (Å²) in [6, 6.07) is 8.00. The summed E-state index contributed by atoms with van der Waals surface area (Å²) in [5.74, 6) is 0.0352. The molecule has 0 aromatic heterocycles. The van der Waals surface area contributed by atoms with Crippen LogP contribution in [0.4, 0.5) is 5.69 Å². The first-order chi connectivity index (χ1) is 9.56. The van der Waals surface area contributed by atoms with Crippen LogP contribution in [0.2, 0.25) is 0 Å². The molecule has 0 bridgehead atoms. The largest absolute Gasteiger partial charge is 0.395 e. The van der Waals surface area contributed by atoms with Gasteiger partial charge in [-0.2, -0.15) is 0 Å². The zero-order chi connectivity index (χ0) is 14.7. The predicted molar refractivity (Wildman–Crippen MR) is 81.3 cm³/mol. The number of anilines is 1. The molecule has 3 unspecified atom stereocenters. The molecule has 0 saturated carbocycles. The molecule has 1 aromatic rings. The number of fused-ring (bicyclic) bond motifs is 1. The second-order valence-corrected chi connectivity index (χ2v) is 7.05. The number of aliphatic hydroxyl groups is 1. The summed E-state index contributed by atoms with van der Waals surface area (Å²) in [6.07, 6.45) is 1.89. The highest BCUT2D eigenvalue weighted by molar-refractivity contribution is 7.86. The van der Waals surface area contributed by atoms with Crippen LogP contribution in [0.5, 0.6) is 0 Å². The Kier molecular flexibility index (Phi) is 4.94. The van der Waals surface area contributed by atoms with E-state index >= 15 is 0 Å². The maximum atomic E-state index is 12.6. The zero-order valence-corrected chi connectivity index (χ0v) is 12.7. The number of aliphatic hydroxyl groups excluding tert-OH is 1. The number of carbonyl (C=O) groups excluding carboxylic acids is 1. The molecule has 5 heteroatoms. The van der Waals surface area contributed by atoms with E-state index in [1.807, 2.05) is 31.2 Å². The Morgan fingerprint density at radius 3 is 2.90 bits per heavy atom. The van der Waals surface area contributed by atoms with Gasteiger partial charge in [-0.25, -0.2) is 0 Å². The molecule has 1 heterocycles. The number of aryl methyl sites for hydroxylation is 1. The summed E-state index contributed by atoms with van der Waals surface area (Å²) in [7, 11) is -1.33. The molecule has 110 valence electrons. The summed E-state index contributed by atoms with van der Waals surface area (Å²) in [5, 5.41) is 8.28. The van der Waals surface area contributed by atoms with Crippen molar-refractivity contribution in [1.29, 1.82) is 0 Å². The van der Waals surface area contributed by atoms with Gasteiger partial charge < -0.3 is 10.0 Å². The average molecular weight is 295 g/mol. The van der Waals surface area contributed by atoms with E-state index < -0.39 is 16.0 Å². The van der Waals surface area contributed by atoms with Gasteiger partial charge in [0.1, 0.15) is 5.25 Å². The molecule has 1 amide bonds. The van der Waals surface area contributed by atoms with Gasteiger partial charge in [0.05, 0.1) is 6.61 Å². The van der Waals surface area contributed by atoms with Gasteiger partial charge in [0.25, 0.3) is 0 Å². The first-order valence-electron chi connectivity index (χ1n) is 6.95. The monoisotopic (exact) mass is 295 g/mol. The maximum absolute atomic E-state index is 12.6. The zero-order valence-electron chi connectivity index (χ0n) is 11.9. The third kappa shape index (κ3) is 2.94.